The topological polar surface area (TPSA) is 28.7 Å². The minimum atomic E-state index is -4.34. The number of alkyl halides is 3. The quantitative estimate of drug-likeness (QED) is 0.850. The molecular weight excluding hydrogens is 229 g/mol. The lowest BCUT2D eigenvalue weighted by atomic mass is 10.1. The van der Waals surface area contributed by atoms with Crippen molar-refractivity contribution in [1.82, 2.24) is 10.2 Å². The molecule has 0 atom stereocenters. The zero-order valence-electron chi connectivity index (χ0n) is 8.70. The number of aromatic nitrogens is 2. The lowest BCUT2D eigenvalue weighted by molar-refractivity contribution is -0.137. The Morgan fingerprint density at radius 3 is 2.47 bits per heavy atom. The number of H-pyrrole nitrogens is 1. The molecule has 0 aliphatic rings. The van der Waals surface area contributed by atoms with E-state index in [1.54, 1.807) is 18.3 Å². The number of hydrogen-bond donors (Lipinski definition) is 1. The van der Waals surface area contributed by atoms with E-state index in [9.17, 15) is 13.2 Å². The van der Waals surface area contributed by atoms with Crippen LogP contribution in [0.25, 0.3) is 12.2 Å². The zero-order chi connectivity index (χ0) is 12.3. The summed E-state index contributed by atoms with van der Waals surface area (Å²) in [4.78, 5) is 0. The molecule has 0 aliphatic carbocycles. The van der Waals surface area contributed by atoms with Gasteiger partial charge in [-0.3, -0.25) is 5.10 Å². The summed E-state index contributed by atoms with van der Waals surface area (Å²) in [6, 6.07) is 7.09. The molecule has 1 aromatic heterocycles. The molecule has 1 heterocycles. The SMILES string of the molecule is FC(F)(F)c1ccccc1C=Cc1cc[nH]n1. The minimum absolute atomic E-state index is 0.128. The van der Waals surface area contributed by atoms with Crippen molar-refractivity contribution in [3.8, 4) is 0 Å². The van der Waals surface area contributed by atoms with Crippen LogP contribution in [0.4, 0.5) is 13.2 Å². The second-order valence-corrected chi connectivity index (χ2v) is 3.42. The fourth-order valence-electron chi connectivity index (χ4n) is 1.44. The largest absolute Gasteiger partial charge is 0.416 e. The van der Waals surface area contributed by atoms with Crippen LogP contribution in [0.15, 0.2) is 36.5 Å². The molecule has 0 aliphatic heterocycles. The highest BCUT2D eigenvalue weighted by molar-refractivity contribution is 5.69. The molecule has 17 heavy (non-hydrogen) atoms. The van der Waals surface area contributed by atoms with E-state index in [0.29, 0.717) is 5.69 Å². The van der Waals surface area contributed by atoms with Crippen molar-refractivity contribution in [1.29, 1.82) is 0 Å². The molecule has 0 radical (unpaired) electrons. The first-order valence-electron chi connectivity index (χ1n) is 4.91. The molecule has 1 N–H and O–H groups in total. The fourth-order valence-corrected chi connectivity index (χ4v) is 1.44. The van der Waals surface area contributed by atoms with Crippen molar-refractivity contribution in [3.05, 3.63) is 53.3 Å². The Labute approximate surface area is 95.8 Å². The number of nitrogens with zero attached hydrogens (tertiary/aromatic N) is 1. The van der Waals surface area contributed by atoms with Crippen molar-refractivity contribution >= 4 is 12.2 Å². The number of hydrogen-bond acceptors (Lipinski definition) is 1. The molecule has 2 aromatic rings. The van der Waals surface area contributed by atoms with E-state index in [1.165, 1.54) is 24.3 Å². The molecule has 2 rings (SSSR count). The van der Waals surface area contributed by atoms with Gasteiger partial charge in [-0.15, -0.1) is 0 Å². The van der Waals surface area contributed by atoms with Crippen molar-refractivity contribution in [2.24, 2.45) is 0 Å². The molecular formula is C12H9F3N2. The first kappa shape index (κ1) is 11.4. The Kier molecular flexibility index (Phi) is 2.99. The smallest absolute Gasteiger partial charge is 0.285 e. The maximum absolute atomic E-state index is 12.7. The first-order valence-corrected chi connectivity index (χ1v) is 4.91. The Balaban J connectivity index is 2.33. The maximum Gasteiger partial charge on any atom is 0.416 e. The van der Waals surface area contributed by atoms with Crippen LogP contribution >= 0.6 is 0 Å². The van der Waals surface area contributed by atoms with E-state index < -0.39 is 11.7 Å². The summed E-state index contributed by atoms with van der Waals surface area (Å²) in [5.41, 5.74) is 0.0664. The van der Waals surface area contributed by atoms with E-state index >= 15 is 0 Å². The van der Waals surface area contributed by atoms with Crippen LogP contribution in [0.1, 0.15) is 16.8 Å². The van der Waals surface area contributed by atoms with E-state index in [4.69, 9.17) is 0 Å². The Bertz CT molecular complexity index is 513. The lowest BCUT2D eigenvalue weighted by Gasteiger charge is -2.09. The van der Waals surface area contributed by atoms with E-state index in [0.717, 1.165) is 6.07 Å². The summed E-state index contributed by atoms with van der Waals surface area (Å²) in [7, 11) is 0. The molecule has 88 valence electrons. The fraction of sp³-hybridized carbons (Fsp3) is 0.0833. The van der Waals surface area contributed by atoms with Crippen LogP contribution in [0.2, 0.25) is 0 Å². The van der Waals surface area contributed by atoms with Crippen LogP contribution < -0.4 is 0 Å². The average Bonchev–Trinajstić information content (AvgIpc) is 2.78. The van der Waals surface area contributed by atoms with Crippen LogP contribution in [0.5, 0.6) is 0 Å². The number of rotatable bonds is 2. The average molecular weight is 238 g/mol. The lowest BCUT2D eigenvalue weighted by Crippen LogP contribution is -2.06. The van der Waals surface area contributed by atoms with Gasteiger partial charge in [0.15, 0.2) is 0 Å². The van der Waals surface area contributed by atoms with E-state index in [-0.39, 0.29) is 5.56 Å². The summed E-state index contributed by atoms with van der Waals surface area (Å²) in [6.45, 7) is 0. The molecule has 5 heteroatoms. The van der Waals surface area contributed by atoms with E-state index in [1.807, 2.05) is 0 Å². The molecule has 2 nitrogen and oxygen atoms in total. The molecule has 1 aromatic carbocycles. The minimum Gasteiger partial charge on any atom is -0.285 e. The Morgan fingerprint density at radius 1 is 1.06 bits per heavy atom. The Hall–Kier alpha value is -2.04. The normalized spacial score (nSPS) is 12.2. The third-order valence-corrected chi connectivity index (χ3v) is 2.22. The van der Waals surface area contributed by atoms with Gasteiger partial charge in [-0.05, 0) is 23.8 Å². The summed E-state index contributed by atoms with van der Waals surface area (Å²) in [5.74, 6) is 0. The first-order chi connectivity index (χ1) is 8.07. The van der Waals surface area contributed by atoms with Gasteiger partial charge in [0, 0.05) is 6.20 Å². The van der Waals surface area contributed by atoms with Gasteiger partial charge in [0.25, 0.3) is 0 Å². The number of nitrogens with one attached hydrogen (secondary N) is 1. The zero-order valence-corrected chi connectivity index (χ0v) is 8.70. The van der Waals surface area contributed by atoms with Crippen molar-refractivity contribution in [3.63, 3.8) is 0 Å². The number of halogens is 3. The predicted molar refractivity (Wildman–Crippen MR) is 59.0 cm³/mol. The standard InChI is InChI=1S/C12H9F3N2/c13-12(14,15)11-4-2-1-3-9(11)5-6-10-7-8-16-17-10/h1-8H,(H,16,17). The monoisotopic (exact) mass is 238 g/mol. The molecule has 0 amide bonds. The number of aromatic amines is 1. The third-order valence-electron chi connectivity index (χ3n) is 2.22. The summed E-state index contributed by atoms with van der Waals surface area (Å²) in [6.07, 6.45) is 0.196. The molecule has 0 spiro atoms. The highest BCUT2D eigenvalue weighted by Crippen LogP contribution is 2.32. The Morgan fingerprint density at radius 2 is 1.82 bits per heavy atom. The maximum atomic E-state index is 12.7. The van der Waals surface area contributed by atoms with Gasteiger partial charge < -0.3 is 0 Å². The van der Waals surface area contributed by atoms with Gasteiger partial charge in [0.1, 0.15) is 0 Å². The van der Waals surface area contributed by atoms with Gasteiger partial charge in [0.05, 0.1) is 11.3 Å². The molecule has 0 saturated heterocycles. The predicted octanol–water partition coefficient (Wildman–Crippen LogP) is 3.60. The van der Waals surface area contributed by atoms with Crippen molar-refractivity contribution in [2.45, 2.75) is 6.18 Å². The van der Waals surface area contributed by atoms with Gasteiger partial charge in [0.2, 0.25) is 0 Å². The van der Waals surface area contributed by atoms with Gasteiger partial charge in [-0.25, -0.2) is 0 Å². The highest BCUT2D eigenvalue weighted by Gasteiger charge is 2.32. The van der Waals surface area contributed by atoms with Gasteiger partial charge >= 0.3 is 6.18 Å². The van der Waals surface area contributed by atoms with Crippen molar-refractivity contribution < 1.29 is 13.2 Å². The summed E-state index contributed by atoms with van der Waals surface area (Å²) < 4.78 is 38.0. The summed E-state index contributed by atoms with van der Waals surface area (Å²) in [5, 5.41) is 6.42. The van der Waals surface area contributed by atoms with Crippen LogP contribution in [0.3, 0.4) is 0 Å². The summed E-state index contributed by atoms with van der Waals surface area (Å²) >= 11 is 0. The van der Waals surface area contributed by atoms with E-state index in [2.05, 4.69) is 10.2 Å². The second kappa shape index (κ2) is 4.45. The van der Waals surface area contributed by atoms with Crippen LogP contribution in [0, 0.1) is 0 Å². The molecule has 0 unspecified atom stereocenters. The van der Waals surface area contributed by atoms with Gasteiger partial charge in [-0.2, -0.15) is 18.3 Å². The third kappa shape index (κ3) is 2.75. The molecule has 0 saturated carbocycles. The van der Waals surface area contributed by atoms with Crippen molar-refractivity contribution in [2.75, 3.05) is 0 Å². The van der Waals surface area contributed by atoms with Crippen LogP contribution in [-0.4, -0.2) is 10.2 Å². The van der Waals surface area contributed by atoms with Crippen LogP contribution in [-0.2, 0) is 6.18 Å². The highest BCUT2D eigenvalue weighted by atomic mass is 19.4. The number of benzene rings is 1. The molecule has 0 bridgehead atoms. The second-order valence-electron chi connectivity index (χ2n) is 3.42. The van der Waals surface area contributed by atoms with Gasteiger partial charge in [-0.1, -0.05) is 24.3 Å². The molecule has 0 fully saturated rings.